The molecular weight excluding hydrogens is 462 g/mol. The number of allylic oxidation sites excluding steroid dienone is 1. The first-order valence-corrected chi connectivity index (χ1v) is 12.9. The molecular formula is C31H35N3O3. The molecule has 0 radical (unpaired) electrons. The van der Waals surface area contributed by atoms with Crippen LogP contribution in [0.5, 0.6) is 11.5 Å². The van der Waals surface area contributed by atoms with Gasteiger partial charge in [0.15, 0.2) is 0 Å². The number of carbonyl (C=O) groups excluding carboxylic acids is 1. The summed E-state index contributed by atoms with van der Waals surface area (Å²) in [6.45, 7) is 5.80. The van der Waals surface area contributed by atoms with Crippen molar-refractivity contribution in [2.45, 2.75) is 38.6 Å². The van der Waals surface area contributed by atoms with Crippen LogP contribution in [0, 0.1) is 0 Å². The van der Waals surface area contributed by atoms with Crippen molar-refractivity contribution in [3.05, 3.63) is 102 Å². The molecule has 37 heavy (non-hydrogen) atoms. The van der Waals surface area contributed by atoms with Gasteiger partial charge in [-0.2, -0.15) is 0 Å². The standard InChI is InChI=1S/C31H35N3O3/c1-3-11-24-12-6-9-15-29(24)37-23-22-34-28-14-8-7-13-27(28)33-30(34)16-5-4-10-21-32-31(35)25-17-19-26(36-2)20-18-25/h3,6-9,12-15,17-20H,1,4-5,10-11,16,21-23H2,2H3,(H,32,35). The first-order chi connectivity index (χ1) is 18.2. The number of hydrogen-bond donors (Lipinski definition) is 1. The molecule has 6 nitrogen and oxygen atoms in total. The monoisotopic (exact) mass is 497 g/mol. The van der Waals surface area contributed by atoms with Crippen molar-refractivity contribution in [1.82, 2.24) is 14.9 Å². The minimum absolute atomic E-state index is 0.0564. The van der Waals surface area contributed by atoms with Crippen LogP contribution in [0.15, 0.2) is 85.5 Å². The van der Waals surface area contributed by atoms with Crippen molar-refractivity contribution in [1.29, 1.82) is 0 Å². The summed E-state index contributed by atoms with van der Waals surface area (Å²) in [5, 5.41) is 3.00. The maximum atomic E-state index is 12.3. The fraction of sp³-hybridized carbons (Fsp3) is 0.290. The second-order valence-electron chi connectivity index (χ2n) is 8.91. The SMILES string of the molecule is C=CCc1ccccc1OCCn1c(CCCCCNC(=O)c2ccc(OC)cc2)nc2ccccc21. The number of rotatable bonds is 14. The zero-order valence-electron chi connectivity index (χ0n) is 21.5. The number of carbonyl (C=O) groups is 1. The summed E-state index contributed by atoms with van der Waals surface area (Å²) in [5.74, 6) is 2.67. The Bertz CT molecular complexity index is 1310. The zero-order valence-corrected chi connectivity index (χ0v) is 21.5. The van der Waals surface area contributed by atoms with Crippen molar-refractivity contribution >= 4 is 16.9 Å². The number of imidazole rings is 1. The molecule has 6 heteroatoms. The molecule has 1 aromatic heterocycles. The third-order valence-corrected chi connectivity index (χ3v) is 6.36. The van der Waals surface area contributed by atoms with Crippen LogP contribution in [0.1, 0.15) is 41.0 Å². The van der Waals surface area contributed by atoms with E-state index in [0.717, 1.165) is 72.6 Å². The van der Waals surface area contributed by atoms with Crippen LogP contribution >= 0.6 is 0 Å². The predicted molar refractivity (Wildman–Crippen MR) is 148 cm³/mol. The third kappa shape index (κ3) is 7.00. The Labute approximate surface area is 218 Å². The molecule has 0 unspecified atom stereocenters. The minimum atomic E-state index is -0.0564. The van der Waals surface area contributed by atoms with Crippen LogP contribution in [0.4, 0.5) is 0 Å². The van der Waals surface area contributed by atoms with Crippen molar-refractivity contribution in [3.8, 4) is 11.5 Å². The Morgan fingerprint density at radius 3 is 2.59 bits per heavy atom. The van der Waals surface area contributed by atoms with Gasteiger partial charge in [-0.15, -0.1) is 6.58 Å². The lowest BCUT2D eigenvalue weighted by atomic mass is 10.1. The number of nitrogens with zero attached hydrogens (tertiary/aromatic N) is 2. The van der Waals surface area contributed by atoms with Crippen LogP contribution in [0.25, 0.3) is 11.0 Å². The number of para-hydroxylation sites is 3. The molecule has 0 bridgehead atoms. The molecule has 4 aromatic rings. The summed E-state index contributed by atoms with van der Waals surface area (Å²) in [7, 11) is 1.61. The number of aromatic nitrogens is 2. The van der Waals surface area contributed by atoms with E-state index < -0.39 is 0 Å². The van der Waals surface area contributed by atoms with Crippen molar-refractivity contribution in [2.24, 2.45) is 0 Å². The highest BCUT2D eigenvalue weighted by Crippen LogP contribution is 2.21. The lowest BCUT2D eigenvalue weighted by Crippen LogP contribution is -2.24. The molecule has 4 rings (SSSR count). The summed E-state index contributed by atoms with van der Waals surface area (Å²) in [5.41, 5.74) is 3.93. The van der Waals surface area contributed by atoms with E-state index in [1.807, 2.05) is 30.3 Å². The van der Waals surface area contributed by atoms with Crippen LogP contribution in [-0.4, -0.2) is 35.7 Å². The molecule has 192 valence electrons. The van der Waals surface area contributed by atoms with Crippen molar-refractivity contribution < 1.29 is 14.3 Å². The molecule has 0 aliphatic heterocycles. The van der Waals surface area contributed by atoms with Gasteiger partial charge in [-0.1, -0.05) is 42.8 Å². The molecule has 0 saturated carbocycles. The van der Waals surface area contributed by atoms with E-state index in [4.69, 9.17) is 14.5 Å². The number of nitrogens with one attached hydrogen (secondary N) is 1. The number of hydrogen-bond acceptors (Lipinski definition) is 4. The maximum Gasteiger partial charge on any atom is 0.251 e. The van der Waals surface area contributed by atoms with Gasteiger partial charge < -0.3 is 19.4 Å². The Kier molecular flexibility index (Phi) is 9.35. The molecule has 0 aliphatic rings. The largest absolute Gasteiger partial charge is 0.497 e. The molecule has 0 aliphatic carbocycles. The number of methoxy groups -OCH3 is 1. The normalized spacial score (nSPS) is 10.8. The summed E-state index contributed by atoms with van der Waals surface area (Å²) in [6, 6.07) is 23.5. The lowest BCUT2D eigenvalue weighted by Gasteiger charge is -2.13. The van der Waals surface area contributed by atoms with Gasteiger partial charge in [0, 0.05) is 18.5 Å². The van der Waals surface area contributed by atoms with Crippen LogP contribution in [-0.2, 0) is 19.4 Å². The topological polar surface area (TPSA) is 65.4 Å². The number of fused-ring (bicyclic) bond motifs is 1. The Balaban J connectivity index is 1.27. The quantitative estimate of drug-likeness (QED) is 0.172. The molecule has 1 heterocycles. The summed E-state index contributed by atoms with van der Waals surface area (Å²) >= 11 is 0. The average Bonchev–Trinajstić information content (AvgIpc) is 3.29. The molecule has 3 aromatic carbocycles. The highest BCUT2D eigenvalue weighted by Gasteiger charge is 2.11. The van der Waals surface area contributed by atoms with Gasteiger partial charge >= 0.3 is 0 Å². The third-order valence-electron chi connectivity index (χ3n) is 6.36. The molecule has 1 amide bonds. The Morgan fingerprint density at radius 2 is 1.78 bits per heavy atom. The van der Waals surface area contributed by atoms with Gasteiger partial charge in [-0.25, -0.2) is 4.98 Å². The molecule has 0 atom stereocenters. The van der Waals surface area contributed by atoms with E-state index in [1.165, 1.54) is 0 Å². The second-order valence-corrected chi connectivity index (χ2v) is 8.91. The minimum Gasteiger partial charge on any atom is -0.497 e. The number of benzene rings is 3. The van der Waals surface area contributed by atoms with Gasteiger partial charge in [0.1, 0.15) is 23.9 Å². The molecule has 1 N–H and O–H groups in total. The van der Waals surface area contributed by atoms with Crippen LogP contribution in [0.2, 0.25) is 0 Å². The summed E-state index contributed by atoms with van der Waals surface area (Å²) < 4.78 is 13.6. The van der Waals surface area contributed by atoms with Crippen LogP contribution in [0.3, 0.4) is 0 Å². The second kappa shape index (κ2) is 13.3. The highest BCUT2D eigenvalue weighted by molar-refractivity contribution is 5.94. The van der Waals surface area contributed by atoms with Gasteiger partial charge in [0.05, 0.1) is 24.7 Å². The van der Waals surface area contributed by atoms with E-state index in [9.17, 15) is 4.79 Å². The summed E-state index contributed by atoms with van der Waals surface area (Å²) in [6.07, 6.45) is 6.51. The number of unbranched alkanes of at least 4 members (excludes halogenated alkanes) is 2. The summed E-state index contributed by atoms with van der Waals surface area (Å²) in [4.78, 5) is 17.2. The van der Waals surface area contributed by atoms with Crippen molar-refractivity contribution in [3.63, 3.8) is 0 Å². The van der Waals surface area contributed by atoms with E-state index in [2.05, 4.69) is 40.7 Å². The van der Waals surface area contributed by atoms with E-state index in [-0.39, 0.29) is 5.91 Å². The zero-order chi connectivity index (χ0) is 25.9. The lowest BCUT2D eigenvalue weighted by molar-refractivity contribution is 0.0953. The molecule has 0 fully saturated rings. The predicted octanol–water partition coefficient (Wildman–Crippen LogP) is 6.00. The van der Waals surface area contributed by atoms with E-state index >= 15 is 0 Å². The number of amides is 1. The van der Waals surface area contributed by atoms with Crippen molar-refractivity contribution in [2.75, 3.05) is 20.3 Å². The fourth-order valence-electron chi connectivity index (χ4n) is 4.41. The van der Waals surface area contributed by atoms with Gasteiger partial charge in [0.25, 0.3) is 5.91 Å². The Hall–Kier alpha value is -4.06. The highest BCUT2D eigenvalue weighted by atomic mass is 16.5. The first-order valence-electron chi connectivity index (χ1n) is 12.9. The first kappa shape index (κ1) is 26.0. The van der Waals surface area contributed by atoms with Crippen LogP contribution < -0.4 is 14.8 Å². The average molecular weight is 498 g/mol. The Morgan fingerprint density at radius 1 is 1.00 bits per heavy atom. The number of ether oxygens (including phenoxy) is 2. The van der Waals surface area contributed by atoms with Gasteiger partial charge in [-0.3, -0.25) is 4.79 Å². The molecule has 0 spiro atoms. The smallest absolute Gasteiger partial charge is 0.251 e. The van der Waals surface area contributed by atoms with E-state index in [1.54, 1.807) is 31.4 Å². The maximum absolute atomic E-state index is 12.3. The van der Waals surface area contributed by atoms with Gasteiger partial charge in [-0.05, 0) is 67.3 Å². The van der Waals surface area contributed by atoms with Gasteiger partial charge in [0.2, 0.25) is 0 Å². The van der Waals surface area contributed by atoms with E-state index in [0.29, 0.717) is 18.7 Å². The fourth-order valence-corrected chi connectivity index (χ4v) is 4.41. The molecule has 0 saturated heterocycles. The number of aryl methyl sites for hydroxylation is 1.